The molecule has 0 bridgehead atoms. The summed E-state index contributed by atoms with van der Waals surface area (Å²) in [7, 11) is 0. The first kappa shape index (κ1) is 7.92. The monoisotopic (exact) mass is 159 g/mol. The van der Waals surface area contributed by atoms with E-state index in [0.29, 0.717) is 5.92 Å². The smallest absolute Gasteiger partial charge is 0.233 e. The molecule has 0 aromatic carbocycles. The largest absolute Gasteiger partial charge is 0.354 e. The van der Waals surface area contributed by atoms with Gasteiger partial charge >= 0.3 is 0 Å². The first-order chi connectivity index (χ1) is 4.72. The van der Waals surface area contributed by atoms with E-state index < -0.39 is 0 Å². The second-order valence-corrected chi connectivity index (χ2v) is 4.08. The summed E-state index contributed by atoms with van der Waals surface area (Å²) in [6.07, 6.45) is 0. The highest BCUT2D eigenvalue weighted by Crippen LogP contribution is 2.21. The van der Waals surface area contributed by atoms with E-state index in [2.05, 4.69) is 19.2 Å². The number of carbonyl (C=O) groups is 1. The zero-order valence-corrected chi connectivity index (χ0v) is 7.20. The zero-order chi connectivity index (χ0) is 7.56. The van der Waals surface area contributed by atoms with Crippen molar-refractivity contribution in [3.8, 4) is 0 Å². The van der Waals surface area contributed by atoms with Crippen LogP contribution in [0.4, 0.5) is 0 Å². The lowest BCUT2D eigenvalue weighted by Gasteiger charge is -2.23. The van der Waals surface area contributed by atoms with Gasteiger partial charge in [0.25, 0.3) is 0 Å². The summed E-state index contributed by atoms with van der Waals surface area (Å²) in [4.78, 5) is 11.1. The van der Waals surface area contributed by atoms with Crippen molar-refractivity contribution in [2.45, 2.75) is 19.1 Å². The summed E-state index contributed by atoms with van der Waals surface area (Å²) < 4.78 is 0. The van der Waals surface area contributed by atoms with Crippen LogP contribution in [-0.4, -0.2) is 23.5 Å². The summed E-state index contributed by atoms with van der Waals surface area (Å²) >= 11 is 1.77. The summed E-state index contributed by atoms with van der Waals surface area (Å²) in [6, 6.07) is 0. The molecular formula is C7H13NOS. The number of amides is 1. The molecule has 3 heteroatoms. The zero-order valence-electron chi connectivity index (χ0n) is 6.39. The van der Waals surface area contributed by atoms with Crippen molar-refractivity contribution >= 4 is 17.7 Å². The van der Waals surface area contributed by atoms with Crippen LogP contribution in [0.2, 0.25) is 0 Å². The molecule has 1 aliphatic heterocycles. The van der Waals surface area contributed by atoms with Gasteiger partial charge in [0.2, 0.25) is 5.91 Å². The average Bonchev–Trinajstić information content (AvgIpc) is 1.88. The SMILES string of the molecule is CC(C)C1SCCNC1=O. The van der Waals surface area contributed by atoms with Gasteiger partial charge in [-0.15, -0.1) is 11.8 Å². The molecule has 10 heavy (non-hydrogen) atoms. The maximum Gasteiger partial charge on any atom is 0.233 e. The Labute approximate surface area is 65.8 Å². The van der Waals surface area contributed by atoms with Crippen LogP contribution in [-0.2, 0) is 4.79 Å². The van der Waals surface area contributed by atoms with Crippen molar-refractivity contribution in [3.63, 3.8) is 0 Å². The molecule has 1 saturated heterocycles. The van der Waals surface area contributed by atoms with Gasteiger partial charge in [0.15, 0.2) is 0 Å². The van der Waals surface area contributed by atoms with Gasteiger partial charge in [-0.3, -0.25) is 4.79 Å². The van der Waals surface area contributed by atoms with E-state index >= 15 is 0 Å². The highest BCUT2D eigenvalue weighted by atomic mass is 32.2. The lowest BCUT2D eigenvalue weighted by Crippen LogP contribution is -2.41. The molecule has 0 spiro atoms. The van der Waals surface area contributed by atoms with E-state index in [9.17, 15) is 4.79 Å². The fourth-order valence-electron chi connectivity index (χ4n) is 1.03. The van der Waals surface area contributed by atoms with Gasteiger partial charge in [-0.05, 0) is 5.92 Å². The number of thioether (sulfide) groups is 1. The van der Waals surface area contributed by atoms with Crippen molar-refractivity contribution in [2.24, 2.45) is 5.92 Å². The predicted molar refractivity (Wildman–Crippen MR) is 44.1 cm³/mol. The highest BCUT2D eigenvalue weighted by Gasteiger charge is 2.24. The second-order valence-electron chi connectivity index (χ2n) is 2.83. The summed E-state index contributed by atoms with van der Waals surface area (Å²) in [6.45, 7) is 5.01. The molecule has 1 N–H and O–H groups in total. The van der Waals surface area contributed by atoms with Crippen LogP contribution in [0.15, 0.2) is 0 Å². The van der Waals surface area contributed by atoms with Crippen LogP contribution in [0.1, 0.15) is 13.8 Å². The number of hydrogen-bond donors (Lipinski definition) is 1. The predicted octanol–water partition coefficient (Wildman–Crippen LogP) is 0.874. The van der Waals surface area contributed by atoms with Crippen molar-refractivity contribution in [3.05, 3.63) is 0 Å². The molecule has 1 fully saturated rings. The van der Waals surface area contributed by atoms with Gasteiger partial charge in [0, 0.05) is 12.3 Å². The molecule has 0 aromatic heterocycles. The molecule has 2 nitrogen and oxygen atoms in total. The average molecular weight is 159 g/mol. The third kappa shape index (κ3) is 1.66. The van der Waals surface area contributed by atoms with Gasteiger partial charge in [-0.2, -0.15) is 0 Å². The summed E-state index contributed by atoms with van der Waals surface area (Å²) in [5.41, 5.74) is 0. The minimum absolute atomic E-state index is 0.189. The lowest BCUT2D eigenvalue weighted by molar-refractivity contribution is -0.121. The van der Waals surface area contributed by atoms with Crippen molar-refractivity contribution < 1.29 is 4.79 Å². The third-order valence-corrected chi connectivity index (χ3v) is 3.12. The van der Waals surface area contributed by atoms with Crippen molar-refractivity contribution in [2.75, 3.05) is 12.3 Å². The van der Waals surface area contributed by atoms with Crippen LogP contribution >= 0.6 is 11.8 Å². The van der Waals surface area contributed by atoms with E-state index in [1.54, 1.807) is 11.8 Å². The van der Waals surface area contributed by atoms with Crippen LogP contribution in [0, 0.1) is 5.92 Å². The Hall–Kier alpha value is -0.180. The maximum atomic E-state index is 11.1. The maximum absolute atomic E-state index is 11.1. The molecule has 1 unspecified atom stereocenters. The number of carbonyl (C=O) groups excluding carboxylic acids is 1. The Balaban J connectivity index is 2.48. The molecule has 1 amide bonds. The molecule has 0 aromatic rings. The molecule has 0 saturated carbocycles. The van der Waals surface area contributed by atoms with Gasteiger partial charge < -0.3 is 5.32 Å². The third-order valence-electron chi connectivity index (χ3n) is 1.56. The molecule has 1 aliphatic rings. The fraction of sp³-hybridized carbons (Fsp3) is 0.857. The van der Waals surface area contributed by atoms with E-state index in [1.807, 2.05) is 0 Å². The Kier molecular flexibility index (Phi) is 2.60. The van der Waals surface area contributed by atoms with Gasteiger partial charge in [-0.1, -0.05) is 13.8 Å². The number of nitrogens with one attached hydrogen (secondary N) is 1. The summed E-state index contributed by atoms with van der Waals surface area (Å²) in [5.74, 6) is 1.74. The first-order valence-corrected chi connectivity index (χ1v) is 4.66. The molecular weight excluding hydrogens is 146 g/mol. The second kappa shape index (κ2) is 3.28. The van der Waals surface area contributed by atoms with Crippen LogP contribution < -0.4 is 5.32 Å². The minimum atomic E-state index is 0.189. The van der Waals surface area contributed by atoms with Crippen LogP contribution in [0.25, 0.3) is 0 Å². The van der Waals surface area contributed by atoms with Crippen molar-refractivity contribution in [1.29, 1.82) is 0 Å². The van der Waals surface area contributed by atoms with Crippen molar-refractivity contribution in [1.82, 2.24) is 5.32 Å². The Bertz CT molecular complexity index is 136. The van der Waals surface area contributed by atoms with Crippen LogP contribution in [0.5, 0.6) is 0 Å². The molecule has 58 valence electrons. The lowest BCUT2D eigenvalue weighted by atomic mass is 10.1. The quantitative estimate of drug-likeness (QED) is 0.615. The number of hydrogen-bond acceptors (Lipinski definition) is 2. The Morgan fingerprint density at radius 1 is 1.70 bits per heavy atom. The number of rotatable bonds is 1. The van der Waals surface area contributed by atoms with Gasteiger partial charge in [-0.25, -0.2) is 0 Å². The van der Waals surface area contributed by atoms with E-state index in [-0.39, 0.29) is 11.2 Å². The Morgan fingerprint density at radius 2 is 2.40 bits per heavy atom. The molecule has 1 atom stereocenters. The van der Waals surface area contributed by atoms with Gasteiger partial charge in [0.1, 0.15) is 0 Å². The summed E-state index contributed by atoms with van der Waals surface area (Å²) in [5, 5.41) is 3.04. The first-order valence-electron chi connectivity index (χ1n) is 3.61. The topological polar surface area (TPSA) is 29.1 Å². The van der Waals surface area contributed by atoms with Crippen LogP contribution in [0.3, 0.4) is 0 Å². The molecule has 0 aliphatic carbocycles. The van der Waals surface area contributed by atoms with E-state index in [4.69, 9.17) is 0 Å². The Morgan fingerprint density at radius 3 is 2.80 bits per heavy atom. The normalized spacial score (nSPS) is 26.7. The minimum Gasteiger partial charge on any atom is -0.354 e. The molecule has 0 radical (unpaired) electrons. The fourth-order valence-corrected chi connectivity index (χ4v) is 2.13. The highest BCUT2D eigenvalue weighted by molar-refractivity contribution is 8.00. The standard InChI is InChI=1S/C7H13NOS/c1-5(2)6-7(9)8-3-4-10-6/h5-6H,3-4H2,1-2H3,(H,8,9). The van der Waals surface area contributed by atoms with E-state index in [0.717, 1.165) is 12.3 Å². The molecule has 1 heterocycles. The van der Waals surface area contributed by atoms with Gasteiger partial charge in [0.05, 0.1) is 5.25 Å². The molecule has 1 rings (SSSR count). The van der Waals surface area contributed by atoms with E-state index in [1.165, 1.54) is 0 Å².